The van der Waals surface area contributed by atoms with Gasteiger partial charge in [-0.15, -0.1) is 5.10 Å². The molecule has 1 saturated heterocycles. The van der Waals surface area contributed by atoms with Crippen LogP contribution in [0.3, 0.4) is 0 Å². The van der Waals surface area contributed by atoms with Crippen molar-refractivity contribution in [3.63, 3.8) is 0 Å². The first-order chi connectivity index (χ1) is 24.6. The molecule has 1 fully saturated rings. The second-order valence-electron chi connectivity index (χ2n) is 12.2. The largest absolute Gasteiger partial charge is 0.392 e. The summed E-state index contributed by atoms with van der Waals surface area (Å²) in [6, 6.07) is 43.3. The molecule has 7 rings (SSSR count). The third kappa shape index (κ3) is 7.54. The highest BCUT2D eigenvalue weighted by molar-refractivity contribution is 7.99. The highest BCUT2D eigenvalue weighted by Gasteiger charge is 2.38. The van der Waals surface area contributed by atoms with Crippen molar-refractivity contribution < 1.29 is 19.4 Å². The van der Waals surface area contributed by atoms with Gasteiger partial charge in [0.15, 0.2) is 6.29 Å². The van der Waals surface area contributed by atoms with E-state index in [-0.39, 0.29) is 30.6 Å². The number of nitrogens with one attached hydrogen (secondary N) is 1. The van der Waals surface area contributed by atoms with E-state index in [2.05, 4.69) is 46.0 Å². The van der Waals surface area contributed by atoms with Crippen molar-refractivity contribution in [3.8, 4) is 16.8 Å². The van der Waals surface area contributed by atoms with E-state index in [1.807, 2.05) is 115 Å². The van der Waals surface area contributed by atoms with Gasteiger partial charge in [-0.2, -0.15) is 4.68 Å². The van der Waals surface area contributed by atoms with Gasteiger partial charge >= 0.3 is 0 Å². The molecule has 0 radical (unpaired) electrons. The Hall–Kier alpha value is -5.13. The second kappa shape index (κ2) is 15.6. The van der Waals surface area contributed by atoms with Crippen LogP contribution >= 0.6 is 11.8 Å². The van der Waals surface area contributed by atoms with Gasteiger partial charge in [0.25, 0.3) is 5.91 Å². The fourth-order valence-corrected chi connectivity index (χ4v) is 7.16. The number of para-hydroxylation sites is 1. The molecule has 50 heavy (non-hydrogen) atoms. The number of benzene rings is 5. The lowest BCUT2D eigenvalue weighted by atomic mass is 9.91. The van der Waals surface area contributed by atoms with Gasteiger partial charge in [0.2, 0.25) is 5.16 Å². The number of carbonyl (C=O) groups excluding carboxylic acids is 1. The molecule has 2 heterocycles. The van der Waals surface area contributed by atoms with Crippen molar-refractivity contribution in [1.82, 2.24) is 25.5 Å². The van der Waals surface area contributed by atoms with Crippen LogP contribution in [0.25, 0.3) is 16.8 Å². The normalized spacial score (nSPS) is 18.8. The zero-order valence-electron chi connectivity index (χ0n) is 27.5. The van der Waals surface area contributed by atoms with Gasteiger partial charge in [-0.3, -0.25) is 4.79 Å². The predicted molar refractivity (Wildman–Crippen MR) is 192 cm³/mol. The molecule has 10 heteroatoms. The number of aliphatic hydroxyl groups is 1. The maximum Gasteiger partial charge on any atom is 0.251 e. The van der Waals surface area contributed by atoms with Crippen molar-refractivity contribution in [2.75, 3.05) is 5.75 Å². The molecule has 1 aliphatic heterocycles. The fraction of sp³-hybridized carbons (Fsp3) is 0.200. The van der Waals surface area contributed by atoms with Crippen LogP contribution in [0.2, 0.25) is 0 Å². The number of aromatic nitrogens is 4. The lowest BCUT2D eigenvalue weighted by Gasteiger charge is -2.41. The van der Waals surface area contributed by atoms with Gasteiger partial charge in [-0.1, -0.05) is 128 Å². The number of carbonyl (C=O) groups is 1. The van der Waals surface area contributed by atoms with Crippen molar-refractivity contribution in [1.29, 1.82) is 0 Å². The molecule has 5 aromatic carbocycles. The quantitative estimate of drug-likeness (QED) is 0.137. The molecular formula is C40H37N5O4S. The number of nitrogens with zero attached hydrogens (tertiary/aromatic N) is 4. The summed E-state index contributed by atoms with van der Waals surface area (Å²) in [5.74, 6) is 0.512. The molecule has 1 aliphatic rings. The Morgan fingerprint density at radius 2 is 1.50 bits per heavy atom. The van der Waals surface area contributed by atoms with Gasteiger partial charge in [0.1, 0.15) is 0 Å². The van der Waals surface area contributed by atoms with E-state index in [1.165, 1.54) is 0 Å². The van der Waals surface area contributed by atoms with Crippen LogP contribution in [0.5, 0.6) is 0 Å². The highest BCUT2D eigenvalue weighted by Crippen LogP contribution is 2.43. The molecule has 4 atom stereocenters. The van der Waals surface area contributed by atoms with Gasteiger partial charge in [-0.05, 0) is 62.5 Å². The zero-order chi connectivity index (χ0) is 34.3. The van der Waals surface area contributed by atoms with E-state index < -0.39 is 6.29 Å². The smallest absolute Gasteiger partial charge is 0.251 e. The maximum absolute atomic E-state index is 12.7. The van der Waals surface area contributed by atoms with E-state index in [0.29, 0.717) is 23.0 Å². The standard InChI is InChI=1S/C40H37N5O4S/c1-27-36(26-50-40-42-43-44-45(40)34-13-6-3-7-14-34)48-39(49-37(27)30-18-16-28(25-46)17-19-30)32-22-20-29(21-23-32)35-15-9-8-12-33(35)24-41-38(47)31-10-4-2-5-11-31/h2-23,27,36-37,39,46H,24-26H2,1H3,(H,41,47)/t27-,36+,37+,39+/m1/s1. The Labute approximate surface area is 295 Å². The molecule has 1 amide bonds. The van der Waals surface area contributed by atoms with Crippen LogP contribution in [0.4, 0.5) is 0 Å². The molecule has 252 valence electrons. The minimum Gasteiger partial charge on any atom is -0.392 e. The number of thioether (sulfide) groups is 1. The number of rotatable bonds is 11. The number of hydrogen-bond donors (Lipinski definition) is 2. The number of hydrogen-bond acceptors (Lipinski definition) is 8. The van der Waals surface area contributed by atoms with Crippen molar-refractivity contribution in [2.45, 2.75) is 43.7 Å². The van der Waals surface area contributed by atoms with Crippen LogP contribution in [0.15, 0.2) is 139 Å². The summed E-state index contributed by atoms with van der Waals surface area (Å²) in [5, 5.41) is 25.8. The Kier molecular flexibility index (Phi) is 10.4. The molecule has 0 aliphatic carbocycles. The second-order valence-corrected chi connectivity index (χ2v) is 13.2. The van der Waals surface area contributed by atoms with E-state index >= 15 is 0 Å². The minimum atomic E-state index is -0.612. The van der Waals surface area contributed by atoms with E-state index in [9.17, 15) is 9.90 Å². The van der Waals surface area contributed by atoms with Crippen LogP contribution in [-0.2, 0) is 22.6 Å². The summed E-state index contributed by atoms with van der Waals surface area (Å²) in [5.41, 5.74) is 7.38. The van der Waals surface area contributed by atoms with Crippen molar-refractivity contribution >= 4 is 17.7 Å². The Morgan fingerprint density at radius 3 is 2.24 bits per heavy atom. The molecule has 0 saturated carbocycles. The predicted octanol–water partition coefficient (Wildman–Crippen LogP) is 7.34. The summed E-state index contributed by atoms with van der Waals surface area (Å²) < 4.78 is 15.1. The summed E-state index contributed by atoms with van der Waals surface area (Å²) in [7, 11) is 0. The molecular weight excluding hydrogens is 647 g/mol. The van der Waals surface area contributed by atoms with Crippen LogP contribution in [-0.4, -0.2) is 43.1 Å². The third-order valence-electron chi connectivity index (χ3n) is 8.93. The lowest BCUT2D eigenvalue weighted by molar-refractivity contribution is -0.268. The maximum atomic E-state index is 12.7. The Morgan fingerprint density at radius 1 is 0.820 bits per heavy atom. The topological polar surface area (TPSA) is 111 Å². The van der Waals surface area contributed by atoms with Gasteiger partial charge in [-0.25, -0.2) is 0 Å². The summed E-state index contributed by atoms with van der Waals surface area (Å²) in [6.07, 6.45) is -1.04. The summed E-state index contributed by atoms with van der Waals surface area (Å²) in [4.78, 5) is 12.7. The Balaban J connectivity index is 1.11. The van der Waals surface area contributed by atoms with Gasteiger partial charge in [0, 0.05) is 29.3 Å². The van der Waals surface area contributed by atoms with Crippen molar-refractivity contribution in [3.05, 3.63) is 161 Å². The average Bonchev–Trinajstić information content (AvgIpc) is 3.66. The molecule has 9 nitrogen and oxygen atoms in total. The zero-order valence-corrected chi connectivity index (χ0v) is 28.3. The number of tetrazole rings is 1. The number of amides is 1. The molecule has 2 N–H and O–H groups in total. The first-order valence-electron chi connectivity index (χ1n) is 16.6. The van der Waals surface area contributed by atoms with Crippen LogP contribution in [0.1, 0.15) is 51.9 Å². The highest BCUT2D eigenvalue weighted by atomic mass is 32.2. The van der Waals surface area contributed by atoms with E-state index in [4.69, 9.17) is 9.47 Å². The molecule has 0 unspecified atom stereocenters. The monoisotopic (exact) mass is 683 g/mol. The minimum absolute atomic E-state index is 0.0111. The average molecular weight is 684 g/mol. The molecule has 0 bridgehead atoms. The van der Waals surface area contributed by atoms with Crippen LogP contribution in [0, 0.1) is 5.92 Å². The number of aliphatic hydroxyl groups excluding tert-OH is 1. The SMILES string of the molecule is C[C@@H]1[C@H](CSc2nnnn2-c2ccccc2)O[C@H](c2ccc(-c3ccccc3CNC(=O)c3ccccc3)cc2)O[C@@H]1c1ccc(CO)cc1. The number of ether oxygens (including phenoxy) is 2. The lowest BCUT2D eigenvalue weighted by Crippen LogP contribution is -2.38. The van der Waals surface area contributed by atoms with Crippen LogP contribution < -0.4 is 5.32 Å². The fourth-order valence-electron chi connectivity index (χ4n) is 6.11. The van der Waals surface area contributed by atoms with Crippen molar-refractivity contribution in [2.24, 2.45) is 5.92 Å². The third-order valence-corrected chi connectivity index (χ3v) is 9.94. The first-order valence-corrected chi connectivity index (χ1v) is 17.5. The van der Waals surface area contributed by atoms with Gasteiger partial charge in [0.05, 0.1) is 24.5 Å². The van der Waals surface area contributed by atoms with E-state index in [0.717, 1.165) is 39.1 Å². The molecule has 6 aromatic rings. The molecule has 0 spiro atoms. The van der Waals surface area contributed by atoms with E-state index in [1.54, 1.807) is 16.4 Å². The summed E-state index contributed by atoms with van der Waals surface area (Å²) >= 11 is 1.55. The summed E-state index contributed by atoms with van der Waals surface area (Å²) in [6.45, 7) is 2.53. The first kappa shape index (κ1) is 33.4. The molecule has 1 aromatic heterocycles. The van der Waals surface area contributed by atoms with Gasteiger partial charge < -0.3 is 19.9 Å². The Bertz CT molecular complexity index is 2010.